The molecule has 0 N–H and O–H groups in total. The Morgan fingerprint density at radius 3 is 1.98 bits per heavy atom. The van der Waals surface area contributed by atoms with Gasteiger partial charge in [0.1, 0.15) is 0 Å². The van der Waals surface area contributed by atoms with Crippen LogP contribution in [-0.2, 0) is 0 Å². The number of para-hydroxylation sites is 2. The van der Waals surface area contributed by atoms with Crippen LogP contribution in [0, 0.1) is 0 Å². The largest absolute Gasteiger partial charge is 0.310 e. The lowest BCUT2D eigenvalue weighted by molar-refractivity contribution is 0.852. The number of aromatic nitrogens is 1. The van der Waals surface area contributed by atoms with Gasteiger partial charge in [-0.1, -0.05) is 127 Å². The molecule has 0 saturated carbocycles. The Hall–Kier alpha value is -6.38. The first-order chi connectivity index (χ1) is 24.8. The lowest BCUT2D eigenvalue weighted by atomic mass is 9.90. The summed E-state index contributed by atoms with van der Waals surface area (Å²) >= 11 is 0. The predicted octanol–water partition coefficient (Wildman–Crippen LogP) is 13.3. The van der Waals surface area contributed by atoms with Crippen molar-refractivity contribution in [1.29, 1.82) is 0 Å². The molecular weight excluding hydrogens is 605 g/mol. The topological polar surface area (TPSA) is 8.17 Å². The summed E-state index contributed by atoms with van der Waals surface area (Å²) in [6.07, 6.45) is 9.93. The summed E-state index contributed by atoms with van der Waals surface area (Å²) in [5.74, 6) is 0.315. The Morgan fingerprint density at radius 1 is 0.460 bits per heavy atom. The van der Waals surface area contributed by atoms with Gasteiger partial charge in [-0.25, -0.2) is 0 Å². The number of nitrogens with zero attached hydrogens (tertiary/aromatic N) is 2. The third-order valence-corrected chi connectivity index (χ3v) is 10.5. The monoisotopic (exact) mass is 638 g/mol. The van der Waals surface area contributed by atoms with Gasteiger partial charge in [-0.05, 0) is 105 Å². The van der Waals surface area contributed by atoms with Gasteiger partial charge in [-0.15, -0.1) is 0 Å². The van der Waals surface area contributed by atoms with Crippen LogP contribution >= 0.6 is 0 Å². The number of rotatable bonds is 5. The average Bonchev–Trinajstić information content (AvgIpc) is 3.51. The van der Waals surface area contributed by atoms with Crippen LogP contribution in [0.1, 0.15) is 17.9 Å². The standard InChI is InChI=1S/C48H34N2/c1-2-12-33(13-3-1)43-18-8-10-20-46(43)49(40-28-29-42-37(30-40)23-22-34-14-6-7-17-41(34)42)38-24-26-39(27-25-38)50-47-21-11-9-19-44(47)45-31-35-15-4-5-16-36(35)32-48(45)50/h1-12,14-33H,13H2. The maximum Gasteiger partial charge on any atom is 0.0547 e. The molecule has 1 aliphatic rings. The summed E-state index contributed by atoms with van der Waals surface area (Å²) in [6.45, 7) is 0. The number of hydrogen-bond acceptors (Lipinski definition) is 1. The zero-order valence-electron chi connectivity index (χ0n) is 27.6. The van der Waals surface area contributed by atoms with Gasteiger partial charge in [-0.3, -0.25) is 0 Å². The zero-order chi connectivity index (χ0) is 33.0. The van der Waals surface area contributed by atoms with E-state index in [4.69, 9.17) is 0 Å². The van der Waals surface area contributed by atoms with Gasteiger partial charge >= 0.3 is 0 Å². The van der Waals surface area contributed by atoms with Gasteiger partial charge in [0, 0.05) is 39.4 Å². The fraction of sp³-hybridized carbons (Fsp3) is 0.0417. The summed E-state index contributed by atoms with van der Waals surface area (Å²) < 4.78 is 2.42. The molecule has 10 rings (SSSR count). The predicted molar refractivity (Wildman–Crippen MR) is 214 cm³/mol. The van der Waals surface area contributed by atoms with Crippen molar-refractivity contribution in [3.8, 4) is 5.69 Å². The maximum absolute atomic E-state index is 2.44. The molecule has 1 aromatic heterocycles. The van der Waals surface area contributed by atoms with Crippen molar-refractivity contribution in [3.05, 3.63) is 194 Å². The highest BCUT2D eigenvalue weighted by molar-refractivity contribution is 6.13. The molecule has 2 heteroatoms. The van der Waals surface area contributed by atoms with Crippen molar-refractivity contribution in [2.45, 2.75) is 12.3 Å². The third-order valence-electron chi connectivity index (χ3n) is 10.5. The van der Waals surface area contributed by atoms with E-state index in [1.165, 1.54) is 65.4 Å². The molecular formula is C48H34N2. The Morgan fingerprint density at radius 2 is 1.14 bits per heavy atom. The second-order valence-corrected chi connectivity index (χ2v) is 13.3. The summed E-state index contributed by atoms with van der Waals surface area (Å²) in [4.78, 5) is 2.44. The Balaban J connectivity index is 1.16. The van der Waals surface area contributed by atoms with E-state index in [0.29, 0.717) is 5.92 Å². The van der Waals surface area contributed by atoms with E-state index >= 15 is 0 Å². The average molecular weight is 639 g/mol. The highest BCUT2D eigenvalue weighted by Crippen LogP contribution is 2.43. The highest BCUT2D eigenvalue weighted by atomic mass is 15.1. The normalized spacial score (nSPS) is 14.4. The molecule has 0 bridgehead atoms. The van der Waals surface area contributed by atoms with E-state index in [9.17, 15) is 0 Å². The first kappa shape index (κ1) is 28.6. The number of benzene rings is 8. The van der Waals surface area contributed by atoms with Gasteiger partial charge in [0.25, 0.3) is 0 Å². The fourth-order valence-electron chi connectivity index (χ4n) is 8.07. The number of allylic oxidation sites excluding steroid dienone is 4. The van der Waals surface area contributed by atoms with Gasteiger partial charge < -0.3 is 9.47 Å². The van der Waals surface area contributed by atoms with Crippen molar-refractivity contribution >= 4 is 71.2 Å². The molecule has 2 nitrogen and oxygen atoms in total. The first-order valence-corrected chi connectivity index (χ1v) is 17.5. The minimum atomic E-state index is 0.315. The quantitative estimate of drug-likeness (QED) is 0.170. The van der Waals surface area contributed by atoms with Crippen molar-refractivity contribution in [2.24, 2.45) is 0 Å². The highest BCUT2D eigenvalue weighted by Gasteiger charge is 2.21. The van der Waals surface area contributed by atoms with Crippen LogP contribution in [0.4, 0.5) is 17.1 Å². The minimum Gasteiger partial charge on any atom is -0.310 e. The van der Waals surface area contributed by atoms with Crippen LogP contribution in [0.3, 0.4) is 0 Å². The second kappa shape index (κ2) is 11.6. The Labute approximate surface area is 291 Å². The number of fused-ring (bicyclic) bond motifs is 7. The van der Waals surface area contributed by atoms with Crippen molar-refractivity contribution in [1.82, 2.24) is 4.57 Å². The van der Waals surface area contributed by atoms with Crippen LogP contribution in [0.2, 0.25) is 0 Å². The van der Waals surface area contributed by atoms with E-state index in [2.05, 4.69) is 198 Å². The molecule has 0 fully saturated rings. The van der Waals surface area contributed by atoms with E-state index in [0.717, 1.165) is 23.5 Å². The molecule has 1 heterocycles. The second-order valence-electron chi connectivity index (χ2n) is 13.3. The maximum atomic E-state index is 2.44. The third kappa shape index (κ3) is 4.64. The number of anilines is 3. The first-order valence-electron chi connectivity index (χ1n) is 17.5. The molecule has 0 amide bonds. The molecule has 0 radical (unpaired) electrons. The fourth-order valence-corrected chi connectivity index (χ4v) is 8.07. The summed E-state index contributed by atoms with van der Waals surface area (Å²) in [6, 6.07) is 60.2. The molecule has 8 aromatic carbocycles. The molecule has 0 aliphatic heterocycles. The van der Waals surface area contributed by atoms with E-state index < -0.39 is 0 Å². The van der Waals surface area contributed by atoms with Crippen molar-refractivity contribution < 1.29 is 0 Å². The van der Waals surface area contributed by atoms with Gasteiger partial charge in [-0.2, -0.15) is 0 Å². The van der Waals surface area contributed by atoms with Crippen molar-refractivity contribution in [2.75, 3.05) is 4.90 Å². The molecule has 0 spiro atoms. The summed E-state index contributed by atoms with van der Waals surface area (Å²) in [7, 11) is 0. The summed E-state index contributed by atoms with van der Waals surface area (Å²) in [5.41, 5.74) is 8.38. The molecule has 50 heavy (non-hydrogen) atoms. The van der Waals surface area contributed by atoms with Gasteiger partial charge in [0.2, 0.25) is 0 Å². The number of hydrogen-bond donors (Lipinski definition) is 0. The minimum absolute atomic E-state index is 0.315. The lowest BCUT2D eigenvalue weighted by Crippen LogP contribution is -2.14. The zero-order valence-corrected chi connectivity index (χ0v) is 27.6. The Bertz CT molecular complexity index is 2800. The van der Waals surface area contributed by atoms with Crippen LogP contribution in [-0.4, -0.2) is 4.57 Å². The summed E-state index contributed by atoms with van der Waals surface area (Å²) in [5, 5.41) is 10.1. The van der Waals surface area contributed by atoms with Crippen LogP contribution < -0.4 is 4.90 Å². The molecule has 9 aromatic rings. The lowest BCUT2D eigenvalue weighted by Gasteiger charge is -2.30. The van der Waals surface area contributed by atoms with E-state index in [-0.39, 0.29) is 0 Å². The molecule has 1 atom stereocenters. The van der Waals surface area contributed by atoms with Crippen LogP contribution in [0.25, 0.3) is 59.8 Å². The molecule has 236 valence electrons. The molecule has 1 aliphatic carbocycles. The Kier molecular flexibility index (Phi) is 6.67. The van der Waals surface area contributed by atoms with Gasteiger partial charge in [0.05, 0.1) is 11.0 Å². The smallest absolute Gasteiger partial charge is 0.0547 e. The van der Waals surface area contributed by atoms with Crippen molar-refractivity contribution in [3.63, 3.8) is 0 Å². The SMILES string of the molecule is C1=CCC(c2ccccc2N(c2ccc(-n3c4ccccc4c4cc5ccccc5cc43)cc2)c2ccc3c(ccc4ccccc43)c2)C=C1. The van der Waals surface area contributed by atoms with Crippen LogP contribution in [0.15, 0.2) is 188 Å². The van der Waals surface area contributed by atoms with E-state index in [1.807, 2.05) is 0 Å². The molecule has 0 saturated heterocycles. The molecule has 1 unspecified atom stereocenters. The van der Waals surface area contributed by atoms with Crippen LogP contribution in [0.5, 0.6) is 0 Å². The van der Waals surface area contributed by atoms with Gasteiger partial charge in [0.15, 0.2) is 0 Å². The van der Waals surface area contributed by atoms with E-state index in [1.54, 1.807) is 0 Å².